The summed E-state index contributed by atoms with van der Waals surface area (Å²) in [6.07, 6.45) is 1.99. The number of carbonyl (C=O) groups is 1. The molecule has 0 saturated carbocycles. The number of hydrogen-bond donors (Lipinski definition) is 2. The van der Waals surface area contributed by atoms with Crippen LogP contribution in [-0.4, -0.2) is 18.2 Å². The molecule has 0 aliphatic carbocycles. The molecule has 5 heteroatoms. The second-order valence-corrected chi connectivity index (χ2v) is 6.89. The Morgan fingerprint density at radius 1 is 1.22 bits per heavy atom. The third-order valence-electron chi connectivity index (χ3n) is 4.34. The largest absolute Gasteiger partial charge is 0.384 e. The van der Waals surface area contributed by atoms with Crippen LogP contribution >= 0.6 is 24.2 Å². The first kappa shape index (κ1) is 16.2. The number of anilines is 1. The lowest BCUT2D eigenvalue weighted by atomic mass is 10.0. The summed E-state index contributed by atoms with van der Waals surface area (Å²) in [6, 6.07) is 14.4. The van der Waals surface area contributed by atoms with Gasteiger partial charge in [0.05, 0.1) is 6.04 Å². The zero-order chi connectivity index (χ0) is 14.9. The van der Waals surface area contributed by atoms with Crippen LogP contribution in [0.2, 0.25) is 0 Å². The van der Waals surface area contributed by atoms with Crippen LogP contribution in [0.3, 0.4) is 0 Å². The molecule has 2 aromatic rings. The minimum atomic E-state index is 0. The first-order valence-electron chi connectivity index (χ1n) is 7.71. The van der Waals surface area contributed by atoms with Crippen LogP contribution in [0.25, 0.3) is 0 Å². The van der Waals surface area contributed by atoms with Crippen LogP contribution in [0.15, 0.2) is 47.4 Å². The summed E-state index contributed by atoms with van der Waals surface area (Å²) in [6.45, 7) is 0.966. The van der Waals surface area contributed by atoms with Gasteiger partial charge in [-0.2, -0.15) is 0 Å². The average molecular weight is 347 g/mol. The number of hydrogen-bond acceptors (Lipinski definition) is 3. The molecule has 2 heterocycles. The van der Waals surface area contributed by atoms with Crippen LogP contribution in [0.5, 0.6) is 0 Å². The van der Waals surface area contributed by atoms with Crippen LogP contribution in [0.1, 0.15) is 33.9 Å². The van der Waals surface area contributed by atoms with E-state index >= 15 is 0 Å². The highest BCUT2D eigenvalue weighted by Crippen LogP contribution is 2.36. The number of thioether (sulfide) groups is 1. The van der Waals surface area contributed by atoms with Gasteiger partial charge in [-0.15, -0.1) is 24.2 Å². The summed E-state index contributed by atoms with van der Waals surface area (Å²) >= 11 is 1.87. The second kappa shape index (κ2) is 6.85. The van der Waals surface area contributed by atoms with Gasteiger partial charge in [-0.25, -0.2) is 0 Å². The fourth-order valence-corrected chi connectivity index (χ4v) is 4.30. The van der Waals surface area contributed by atoms with Crippen molar-refractivity contribution in [3.63, 3.8) is 0 Å². The summed E-state index contributed by atoms with van der Waals surface area (Å²) in [4.78, 5) is 13.9. The second-order valence-electron chi connectivity index (χ2n) is 5.75. The van der Waals surface area contributed by atoms with Gasteiger partial charge in [-0.3, -0.25) is 4.79 Å². The topological polar surface area (TPSA) is 41.1 Å². The third kappa shape index (κ3) is 3.19. The minimum Gasteiger partial charge on any atom is -0.384 e. The molecule has 0 aromatic heterocycles. The van der Waals surface area contributed by atoms with Crippen LogP contribution in [-0.2, 0) is 6.42 Å². The van der Waals surface area contributed by atoms with Gasteiger partial charge in [-0.1, -0.05) is 18.2 Å². The van der Waals surface area contributed by atoms with Crippen molar-refractivity contribution in [1.29, 1.82) is 0 Å². The molecular formula is C18H19ClN2OS. The number of amides is 1. The molecule has 0 saturated heterocycles. The van der Waals surface area contributed by atoms with Gasteiger partial charge < -0.3 is 10.6 Å². The molecule has 4 rings (SSSR count). The Bertz CT molecular complexity index is 735. The summed E-state index contributed by atoms with van der Waals surface area (Å²) in [7, 11) is 0. The van der Waals surface area contributed by atoms with E-state index in [4.69, 9.17) is 0 Å². The molecule has 2 aromatic carbocycles. The number of halogens is 1. The Morgan fingerprint density at radius 3 is 3.00 bits per heavy atom. The van der Waals surface area contributed by atoms with E-state index < -0.39 is 0 Å². The molecule has 0 spiro atoms. The zero-order valence-electron chi connectivity index (χ0n) is 12.7. The number of carbonyl (C=O) groups excluding carboxylic acids is 1. The van der Waals surface area contributed by atoms with Gasteiger partial charge in [0.1, 0.15) is 0 Å². The lowest BCUT2D eigenvalue weighted by Crippen LogP contribution is -2.30. The van der Waals surface area contributed by atoms with Gasteiger partial charge in [0.2, 0.25) is 0 Å². The zero-order valence-corrected chi connectivity index (χ0v) is 14.3. The van der Waals surface area contributed by atoms with Gasteiger partial charge in [0.15, 0.2) is 0 Å². The highest BCUT2D eigenvalue weighted by molar-refractivity contribution is 7.99. The molecule has 0 bridgehead atoms. The van der Waals surface area contributed by atoms with E-state index in [-0.39, 0.29) is 24.4 Å². The first-order valence-corrected chi connectivity index (χ1v) is 8.69. The number of rotatable bonds is 2. The van der Waals surface area contributed by atoms with E-state index in [9.17, 15) is 4.79 Å². The normalized spacial score (nSPS) is 18.2. The standard InChI is InChI=1S/C18H18N2OS.ClH/c21-18(13-5-6-15-12(11-13)7-9-19-15)20-16-8-10-22-17-4-2-1-3-14(16)17;/h1-6,11,16,19H,7-10H2,(H,20,21);1H. The monoisotopic (exact) mass is 346 g/mol. The number of fused-ring (bicyclic) bond motifs is 2. The van der Waals surface area contributed by atoms with Crippen LogP contribution < -0.4 is 10.6 Å². The van der Waals surface area contributed by atoms with E-state index in [1.807, 2.05) is 36.0 Å². The predicted octanol–water partition coefficient (Wildman–Crippen LogP) is 4.04. The number of nitrogens with one attached hydrogen (secondary N) is 2. The molecule has 2 N–H and O–H groups in total. The molecule has 23 heavy (non-hydrogen) atoms. The maximum absolute atomic E-state index is 12.6. The van der Waals surface area contributed by atoms with Crippen LogP contribution in [0.4, 0.5) is 5.69 Å². The Labute approximate surface area is 146 Å². The van der Waals surface area contributed by atoms with Gasteiger partial charge >= 0.3 is 0 Å². The molecular weight excluding hydrogens is 328 g/mol. The van der Waals surface area contributed by atoms with Gasteiger partial charge in [0.25, 0.3) is 5.91 Å². The lowest BCUT2D eigenvalue weighted by Gasteiger charge is -2.26. The van der Waals surface area contributed by atoms with E-state index in [0.29, 0.717) is 0 Å². The highest BCUT2D eigenvalue weighted by Gasteiger charge is 2.23. The quantitative estimate of drug-likeness (QED) is 0.862. The first-order chi connectivity index (χ1) is 10.8. The third-order valence-corrected chi connectivity index (χ3v) is 5.46. The molecule has 0 fully saturated rings. The summed E-state index contributed by atoms with van der Waals surface area (Å²) in [5.74, 6) is 1.08. The van der Waals surface area contributed by atoms with Crippen molar-refractivity contribution in [2.24, 2.45) is 0 Å². The fraction of sp³-hybridized carbons (Fsp3) is 0.278. The predicted molar refractivity (Wildman–Crippen MR) is 97.9 cm³/mol. The SMILES string of the molecule is Cl.O=C(NC1CCSc2ccccc21)c1ccc2c(c1)CCN2. The number of benzene rings is 2. The van der Waals surface area contributed by atoms with E-state index in [2.05, 4.69) is 28.8 Å². The maximum Gasteiger partial charge on any atom is 0.251 e. The summed E-state index contributed by atoms with van der Waals surface area (Å²) < 4.78 is 0. The Balaban J connectivity index is 0.00000156. The average Bonchev–Trinajstić information content (AvgIpc) is 3.02. The molecule has 0 radical (unpaired) electrons. The molecule has 120 valence electrons. The van der Waals surface area contributed by atoms with Crippen molar-refractivity contribution in [2.75, 3.05) is 17.6 Å². The highest BCUT2D eigenvalue weighted by atomic mass is 35.5. The summed E-state index contributed by atoms with van der Waals surface area (Å²) in [5, 5.41) is 6.54. The maximum atomic E-state index is 12.6. The molecule has 1 unspecified atom stereocenters. The van der Waals surface area contributed by atoms with Crippen molar-refractivity contribution in [3.8, 4) is 0 Å². The van der Waals surface area contributed by atoms with Crippen molar-refractivity contribution in [2.45, 2.75) is 23.8 Å². The van der Waals surface area contributed by atoms with Crippen molar-refractivity contribution >= 4 is 35.8 Å². The lowest BCUT2D eigenvalue weighted by molar-refractivity contribution is 0.0935. The van der Waals surface area contributed by atoms with E-state index in [1.165, 1.54) is 16.0 Å². The van der Waals surface area contributed by atoms with Gasteiger partial charge in [-0.05, 0) is 48.2 Å². The minimum absolute atomic E-state index is 0. The molecule has 1 atom stereocenters. The Morgan fingerprint density at radius 2 is 2.09 bits per heavy atom. The van der Waals surface area contributed by atoms with E-state index in [0.717, 1.165) is 36.4 Å². The molecule has 2 aliphatic rings. The fourth-order valence-electron chi connectivity index (χ4n) is 3.18. The molecule has 2 aliphatic heterocycles. The Kier molecular flexibility index (Phi) is 4.83. The van der Waals surface area contributed by atoms with Crippen LogP contribution in [0, 0.1) is 0 Å². The smallest absolute Gasteiger partial charge is 0.251 e. The van der Waals surface area contributed by atoms with Gasteiger partial charge in [0, 0.05) is 28.4 Å². The molecule has 1 amide bonds. The summed E-state index contributed by atoms with van der Waals surface area (Å²) in [5.41, 5.74) is 4.41. The van der Waals surface area contributed by atoms with E-state index in [1.54, 1.807) is 0 Å². The van der Waals surface area contributed by atoms with Crippen molar-refractivity contribution in [3.05, 3.63) is 59.2 Å². The Hall–Kier alpha value is -1.65. The van der Waals surface area contributed by atoms with Crippen molar-refractivity contribution < 1.29 is 4.79 Å². The van der Waals surface area contributed by atoms with Crippen molar-refractivity contribution in [1.82, 2.24) is 5.32 Å². The molecule has 3 nitrogen and oxygen atoms in total.